The first kappa shape index (κ1) is 20.8. The van der Waals surface area contributed by atoms with Gasteiger partial charge in [0.25, 0.3) is 0 Å². The molecule has 1 saturated carbocycles. The minimum atomic E-state index is -0.952. The third-order valence-corrected chi connectivity index (χ3v) is 5.35. The normalized spacial score (nSPS) is 13.6. The first-order chi connectivity index (χ1) is 15.2. The van der Waals surface area contributed by atoms with Crippen molar-refractivity contribution in [1.82, 2.24) is 0 Å². The summed E-state index contributed by atoms with van der Waals surface area (Å²) in [5.41, 5.74) is 3.62. The van der Waals surface area contributed by atoms with Crippen LogP contribution in [-0.4, -0.2) is 19.3 Å². The maximum Gasteiger partial charge on any atom is 0.144 e. The van der Waals surface area contributed by atoms with E-state index >= 15 is 0 Å². The smallest absolute Gasteiger partial charge is 0.144 e. The molecule has 4 rings (SSSR count). The van der Waals surface area contributed by atoms with Crippen molar-refractivity contribution in [2.45, 2.75) is 31.5 Å². The van der Waals surface area contributed by atoms with Crippen LogP contribution in [0.15, 0.2) is 66.7 Å². The zero-order valence-corrected chi connectivity index (χ0v) is 17.8. The number of hydrogen-bond acceptors (Lipinski definition) is 4. The average Bonchev–Trinajstić information content (AvgIpc) is 3.66. The Morgan fingerprint density at radius 1 is 0.935 bits per heavy atom. The lowest BCUT2D eigenvalue weighted by atomic mass is 9.99. The van der Waals surface area contributed by atoms with Crippen molar-refractivity contribution < 1.29 is 19.3 Å². The molecule has 1 aliphatic carbocycles. The number of methoxy groups -OCH3 is 2. The van der Waals surface area contributed by atoms with Crippen LogP contribution < -0.4 is 14.2 Å². The van der Waals surface area contributed by atoms with Crippen LogP contribution in [0.5, 0.6) is 17.2 Å². The molecule has 1 aliphatic rings. The summed E-state index contributed by atoms with van der Waals surface area (Å²) < 4.78 is 17.0. The summed E-state index contributed by atoms with van der Waals surface area (Å²) in [6.07, 6.45) is 1.26. The van der Waals surface area contributed by atoms with Crippen LogP contribution >= 0.6 is 0 Å². The molecule has 1 N–H and O–H groups in total. The number of benzene rings is 3. The van der Waals surface area contributed by atoms with Crippen LogP contribution in [0, 0.1) is 11.8 Å². The Bertz CT molecular complexity index is 1070. The molecular formula is C27H26O4. The van der Waals surface area contributed by atoms with Gasteiger partial charge in [-0.2, -0.15) is 0 Å². The topological polar surface area (TPSA) is 47.9 Å². The number of rotatable bonds is 7. The first-order valence-corrected chi connectivity index (χ1v) is 10.4. The molecule has 31 heavy (non-hydrogen) atoms. The van der Waals surface area contributed by atoms with E-state index in [2.05, 4.69) is 11.8 Å². The molecule has 158 valence electrons. The van der Waals surface area contributed by atoms with Crippen LogP contribution in [0.3, 0.4) is 0 Å². The van der Waals surface area contributed by atoms with E-state index in [4.69, 9.17) is 14.2 Å². The molecule has 0 bridgehead atoms. The molecule has 1 fully saturated rings. The molecule has 4 nitrogen and oxygen atoms in total. The standard InChI is InChI=1S/C27H26O4/c1-29-25-17-15-23(27(30-2)26(25)21-11-12-21)24(28)16-10-19-8-13-22(14-9-19)31-18-20-6-4-3-5-7-20/h3-9,13-15,17,21,24,28H,11-12,18H2,1-2H3. The molecular weight excluding hydrogens is 388 g/mol. The van der Waals surface area contributed by atoms with Crippen molar-refractivity contribution in [1.29, 1.82) is 0 Å². The van der Waals surface area contributed by atoms with Crippen molar-refractivity contribution in [3.63, 3.8) is 0 Å². The van der Waals surface area contributed by atoms with E-state index in [0.29, 0.717) is 23.8 Å². The molecule has 1 atom stereocenters. The fourth-order valence-electron chi connectivity index (χ4n) is 3.58. The number of hydrogen-bond donors (Lipinski definition) is 1. The van der Waals surface area contributed by atoms with Crippen molar-refractivity contribution in [3.8, 4) is 29.1 Å². The van der Waals surface area contributed by atoms with Gasteiger partial charge in [-0.1, -0.05) is 42.2 Å². The molecule has 0 saturated heterocycles. The molecule has 0 aromatic heterocycles. The SMILES string of the molecule is COc1ccc(C(O)C#Cc2ccc(OCc3ccccc3)cc2)c(OC)c1C1CC1. The van der Waals surface area contributed by atoms with Gasteiger partial charge < -0.3 is 19.3 Å². The van der Waals surface area contributed by atoms with Crippen LogP contribution in [0.4, 0.5) is 0 Å². The molecule has 0 spiro atoms. The molecule has 1 unspecified atom stereocenters. The Kier molecular flexibility index (Phi) is 6.45. The Labute approximate surface area is 183 Å². The predicted octanol–water partition coefficient (Wildman–Crippen LogP) is 5.25. The summed E-state index contributed by atoms with van der Waals surface area (Å²) in [5, 5.41) is 10.7. The fourth-order valence-corrected chi connectivity index (χ4v) is 3.58. The molecule has 0 aliphatic heterocycles. The third-order valence-electron chi connectivity index (χ3n) is 5.35. The molecule has 0 amide bonds. The highest BCUT2D eigenvalue weighted by Gasteiger charge is 2.32. The van der Waals surface area contributed by atoms with E-state index in [-0.39, 0.29) is 0 Å². The van der Waals surface area contributed by atoms with Crippen LogP contribution in [0.1, 0.15) is 47.1 Å². The minimum Gasteiger partial charge on any atom is -0.496 e. The second kappa shape index (κ2) is 9.59. The summed E-state index contributed by atoms with van der Waals surface area (Å²) in [6.45, 7) is 0.519. The van der Waals surface area contributed by atoms with E-state index in [0.717, 1.165) is 41.0 Å². The second-order valence-corrected chi connectivity index (χ2v) is 7.55. The Hall–Kier alpha value is -3.42. The minimum absolute atomic E-state index is 0.424. The van der Waals surface area contributed by atoms with Crippen LogP contribution in [0.25, 0.3) is 0 Å². The van der Waals surface area contributed by atoms with Crippen LogP contribution in [-0.2, 0) is 6.61 Å². The van der Waals surface area contributed by atoms with E-state index in [1.807, 2.05) is 66.7 Å². The van der Waals surface area contributed by atoms with Gasteiger partial charge in [0.1, 0.15) is 30.0 Å². The van der Waals surface area contributed by atoms with Gasteiger partial charge >= 0.3 is 0 Å². The molecule has 3 aromatic carbocycles. The number of aliphatic hydroxyl groups excluding tert-OH is 1. The van der Waals surface area contributed by atoms with Crippen molar-refractivity contribution >= 4 is 0 Å². The average molecular weight is 415 g/mol. The van der Waals surface area contributed by atoms with Gasteiger partial charge in [0, 0.05) is 16.7 Å². The maximum absolute atomic E-state index is 10.7. The van der Waals surface area contributed by atoms with E-state index < -0.39 is 6.10 Å². The summed E-state index contributed by atoms with van der Waals surface area (Å²) in [7, 11) is 3.28. The Morgan fingerprint density at radius 2 is 1.68 bits per heavy atom. The summed E-state index contributed by atoms with van der Waals surface area (Å²) in [6, 6.07) is 21.3. The van der Waals surface area contributed by atoms with Gasteiger partial charge in [-0.05, 0) is 60.7 Å². The Balaban J connectivity index is 1.47. The molecule has 0 heterocycles. The van der Waals surface area contributed by atoms with Gasteiger partial charge in [0.15, 0.2) is 0 Å². The summed E-state index contributed by atoms with van der Waals surface area (Å²) in [5.74, 6) is 8.66. The quantitative estimate of drug-likeness (QED) is 0.537. The lowest BCUT2D eigenvalue weighted by Crippen LogP contribution is -2.03. The highest BCUT2D eigenvalue weighted by atomic mass is 16.5. The zero-order chi connectivity index (χ0) is 21.6. The fraction of sp³-hybridized carbons (Fsp3) is 0.259. The largest absolute Gasteiger partial charge is 0.496 e. The zero-order valence-electron chi connectivity index (χ0n) is 17.8. The van der Waals surface area contributed by atoms with Gasteiger partial charge in [0.05, 0.1) is 14.2 Å². The van der Waals surface area contributed by atoms with Gasteiger partial charge in [-0.3, -0.25) is 0 Å². The molecule has 3 aromatic rings. The van der Waals surface area contributed by atoms with Gasteiger partial charge in [-0.25, -0.2) is 0 Å². The number of aliphatic hydroxyl groups is 1. The van der Waals surface area contributed by atoms with E-state index in [1.54, 1.807) is 14.2 Å². The highest BCUT2D eigenvalue weighted by molar-refractivity contribution is 5.55. The maximum atomic E-state index is 10.7. The number of ether oxygens (including phenoxy) is 3. The van der Waals surface area contributed by atoms with Crippen molar-refractivity contribution in [2.75, 3.05) is 14.2 Å². The highest BCUT2D eigenvalue weighted by Crippen LogP contribution is 2.50. The van der Waals surface area contributed by atoms with E-state index in [9.17, 15) is 5.11 Å². The van der Waals surface area contributed by atoms with Crippen molar-refractivity contribution in [2.24, 2.45) is 0 Å². The van der Waals surface area contributed by atoms with Gasteiger partial charge in [0.2, 0.25) is 0 Å². The molecule has 4 heteroatoms. The second-order valence-electron chi connectivity index (χ2n) is 7.55. The van der Waals surface area contributed by atoms with Gasteiger partial charge in [-0.15, -0.1) is 0 Å². The lowest BCUT2D eigenvalue weighted by Gasteiger charge is -2.17. The Morgan fingerprint density at radius 3 is 2.32 bits per heavy atom. The van der Waals surface area contributed by atoms with Crippen LogP contribution in [0.2, 0.25) is 0 Å². The molecule has 0 radical (unpaired) electrons. The van der Waals surface area contributed by atoms with E-state index in [1.165, 1.54) is 0 Å². The van der Waals surface area contributed by atoms with Crippen molar-refractivity contribution in [3.05, 3.63) is 89.0 Å². The first-order valence-electron chi connectivity index (χ1n) is 10.4. The third kappa shape index (κ3) is 5.02. The summed E-state index contributed by atoms with van der Waals surface area (Å²) in [4.78, 5) is 0. The lowest BCUT2D eigenvalue weighted by molar-refractivity contribution is 0.231. The predicted molar refractivity (Wildman–Crippen MR) is 121 cm³/mol. The monoisotopic (exact) mass is 414 g/mol. The summed E-state index contributed by atoms with van der Waals surface area (Å²) >= 11 is 0.